The molecule has 0 amide bonds. The normalized spacial score (nSPS) is 10.6. The molecule has 2 aromatic heterocycles. The van der Waals surface area contributed by atoms with Crippen LogP contribution < -0.4 is 5.32 Å². The fraction of sp³-hybridized carbons (Fsp3) is 0.118. The van der Waals surface area contributed by atoms with E-state index in [2.05, 4.69) is 27.4 Å². The highest BCUT2D eigenvalue weighted by molar-refractivity contribution is 6.30. The minimum Gasteiger partial charge on any atom is -0.368 e. The van der Waals surface area contributed by atoms with E-state index in [1.807, 2.05) is 36.4 Å². The lowest BCUT2D eigenvalue weighted by atomic mass is 10.0. The molecular formula is C17H16ClN4. The molecule has 0 unspecified atom stereocenters. The van der Waals surface area contributed by atoms with Crippen LogP contribution in [-0.4, -0.2) is 21.7 Å². The van der Waals surface area contributed by atoms with Gasteiger partial charge in [0, 0.05) is 29.5 Å². The van der Waals surface area contributed by atoms with Gasteiger partial charge in [0.15, 0.2) is 5.82 Å². The van der Waals surface area contributed by atoms with Crippen molar-refractivity contribution in [3.63, 3.8) is 0 Å². The molecule has 5 heteroatoms. The van der Waals surface area contributed by atoms with E-state index in [1.54, 1.807) is 12.4 Å². The largest absolute Gasteiger partial charge is 0.368 e. The van der Waals surface area contributed by atoms with E-state index < -0.39 is 0 Å². The van der Waals surface area contributed by atoms with Gasteiger partial charge in [-0.05, 0) is 36.2 Å². The maximum Gasteiger partial charge on any atom is 0.156 e. The average molecular weight is 312 g/mol. The number of aromatic amines is 1. The smallest absolute Gasteiger partial charge is 0.156 e. The number of aromatic nitrogens is 3. The molecule has 0 aliphatic rings. The van der Waals surface area contributed by atoms with E-state index in [0.29, 0.717) is 5.02 Å². The molecule has 111 valence electrons. The van der Waals surface area contributed by atoms with Crippen molar-refractivity contribution in [2.75, 3.05) is 11.9 Å². The summed E-state index contributed by atoms with van der Waals surface area (Å²) in [7, 11) is 0. The number of anilines is 1. The number of hydrogen-bond donors (Lipinski definition) is 2. The van der Waals surface area contributed by atoms with E-state index in [-0.39, 0.29) is 0 Å². The van der Waals surface area contributed by atoms with Crippen molar-refractivity contribution in [3.05, 3.63) is 60.7 Å². The molecule has 1 aromatic carbocycles. The Kier molecular flexibility index (Phi) is 4.39. The first kappa shape index (κ1) is 14.6. The van der Waals surface area contributed by atoms with Gasteiger partial charge in [-0.15, -0.1) is 0 Å². The Bertz CT molecular complexity index is 735. The summed E-state index contributed by atoms with van der Waals surface area (Å²) >= 11 is 5.98. The van der Waals surface area contributed by atoms with Crippen LogP contribution in [0.1, 0.15) is 6.42 Å². The van der Waals surface area contributed by atoms with Crippen LogP contribution in [0.2, 0.25) is 5.02 Å². The van der Waals surface area contributed by atoms with Crippen molar-refractivity contribution in [2.45, 2.75) is 6.42 Å². The third kappa shape index (κ3) is 2.97. The predicted molar refractivity (Wildman–Crippen MR) is 90.7 cm³/mol. The zero-order chi connectivity index (χ0) is 15.4. The van der Waals surface area contributed by atoms with Gasteiger partial charge < -0.3 is 5.32 Å². The van der Waals surface area contributed by atoms with Crippen molar-refractivity contribution in [3.8, 4) is 22.4 Å². The van der Waals surface area contributed by atoms with E-state index in [1.165, 1.54) is 0 Å². The first-order valence-corrected chi connectivity index (χ1v) is 7.45. The molecule has 2 heterocycles. The summed E-state index contributed by atoms with van der Waals surface area (Å²) in [5, 5.41) is 11.6. The Morgan fingerprint density at radius 3 is 2.45 bits per heavy atom. The maximum absolute atomic E-state index is 5.98. The van der Waals surface area contributed by atoms with Crippen LogP contribution in [0, 0.1) is 6.92 Å². The quantitative estimate of drug-likeness (QED) is 0.733. The zero-order valence-electron chi connectivity index (χ0n) is 12.0. The standard InChI is InChI=1S/C17H16ClN4/c1-2-9-20-17-15(12-7-10-19-11-8-12)16(21-22-17)13-3-5-14(18)6-4-13/h3-8,10-11H,1-2,9H2,(H2,20,21,22). The van der Waals surface area contributed by atoms with Crippen LogP contribution in [-0.2, 0) is 0 Å². The first-order chi connectivity index (χ1) is 10.8. The van der Waals surface area contributed by atoms with E-state index >= 15 is 0 Å². The Labute approximate surface area is 134 Å². The number of halogens is 1. The summed E-state index contributed by atoms with van der Waals surface area (Å²) in [4.78, 5) is 4.08. The molecule has 3 aromatic rings. The van der Waals surface area contributed by atoms with Gasteiger partial charge in [-0.3, -0.25) is 10.1 Å². The summed E-state index contributed by atoms with van der Waals surface area (Å²) in [6.45, 7) is 4.62. The lowest BCUT2D eigenvalue weighted by Crippen LogP contribution is -2.01. The monoisotopic (exact) mass is 311 g/mol. The van der Waals surface area contributed by atoms with E-state index in [9.17, 15) is 0 Å². The van der Waals surface area contributed by atoms with Gasteiger partial charge >= 0.3 is 0 Å². The van der Waals surface area contributed by atoms with Crippen molar-refractivity contribution < 1.29 is 0 Å². The average Bonchev–Trinajstić information content (AvgIpc) is 2.98. The molecule has 0 atom stereocenters. The second-order valence-corrected chi connectivity index (χ2v) is 5.28. The van der Waals surface area contributed by atoms with Gasteiger partial charge in [-0.1, -0.05) is 30.7 Å². The lowest BCUT2D eigenvalue weighted by Gasteiger charge is -2.08. The predicted octanol–water partition coefficient (Wildman–Crippen LogP) is 4.43. The molecular weight excluding hydrogens is 296 g/mol. The number of nitrogens with one attached hydrogen (secondary N) is 2. The molecule has 0 aliphatic carbocycles. The Morgan fingerprint density at radius 1 is 1.05 bits per heavy atom. The van der Waals surface area contributed by atoms with E-state index in [0.717, 1.165) is 41.2 Å². The van der Waals surface area contributed by atoms with Crippen LogP contribution in [0.3, 0.4) is 0 Å². The summed E-state index contributed by atoms with van der Waals surface area (Å²) in [6.07, 6.45) is 4.34. The lowest BCUT2D eigenvalue weighted by molar-refractivity contribution is 1.02. The number of nitrogens with zero attached hydrogens (tertiary/aromatic N) is 2. The minimum atomic E-state index is 0.712. The number of hydrogen-bond acceptors (Lipinski definition) is 3. The second kappa shape index (κ2) is 6.62. The topological polar surface area (TPSA) is 53.6 Å². The molecule has 2 N–H and O–H groups in total. The Morgan fingerprint density at radius 2 is 1.77 bits per heavy atom. The molecule has 0 fully saturated rings. The number of H-pyrrole nitrogens is 1. The van der Waals surface area contributed by atoms with Crippen molar-refractivity contribution in [1.82, 2.24) is 15.2 Å². The zero-order valence-corrected chi connectivity index (χ0v) is 12.8. The van der Waals surface area contributed by atoms with Crippen LogP contribution in [0.5, 0.6) is 0 Å². The highest BCUT2D eigenvalue weighted by Crippen LogP contribution is 2.36. The SMILES string of the molecule is [CH2]CCNc1n[nH]c(-c2ccc(Cl)cc2)c1-c1ccncc1. The minimum absolute atomic E-state index is 0.712. The molecule has 3 rings (SSSR count). The fourth-order valence-electron chi connectivity index (χ4n) is 2.30. The molecule has 1 radical (unpaired) electrons. The number of rotatable bonds is 5. The van der Waals surface area contributed by atoms with E-state index in [4.69, 9.17) is 11.6 Å². The van der Waals surface area contributed by atoms with Gasteiger partial charge in [-0.25, -0.2) is 0 Å². The molecule has 4 nitrogen and oxygen atoms in total. The fourth-order valence-corrected chi connectivity index (χ4v) is 2.43. The first-order valence-electron chi connectivity index (χ1n) is 7.07. The summed E-state index contributed by atoms with van der Waals surface area (Å²) < 4.78 is 0. The third-order valence-corrected chi connectivity index (χ3v) is 3.59. The van der Waals surface area contributed by atoms with Crippen LogP contribution >= 0.6 is 11.6 Å². The molecule has 0 bridgehead atoms. The maximum atomic E-state index is 5.98. The van der Waals surface area contributed by atoms with Gasteiger partial charge in [-0.2, -0.15) is 5.10 Å². The molecule has 0 spiro atoms. The van der Waals surface area contributed by atoms with Crippen molar-refractivity contribution >= 4 is 17.4 Å². The van der Waals surface area contributed by atoms with Gasteiger partial charge in [0.1, 0.15) is 0 Å². The number of pyridine rings is 1. The van der Waals surface area contributed by atoms with Crippen molar-refractivity contribution in [1.29, 1.82) is 0 Å². The Hall–Kier alpha value is -2.33. The summed E-state index contributed by atoms with van der Waals surface area (Å²) in [5.74, 6) is 0.819. The Balaban J connectivity index is 2.10. The third-order valence-electron chi connectivity index (χ3n) is 3.34. The van der Waals surface area contributed by atoms with Crippen LogP contribution in [0.15, 0.2) is 48.8 Å². The molecule has 0 saturated heterocycles. The molecule has 22 heavy (non-hydrogen) atoms. The van der Waals surface area contributed by atoms with Gasteiger partial charge in [0.05, 0.1) is 11.3 Å². The second-order valence-electron chi connectivity index (χ2n) is 4.85. The highest BCUT2D eigenvalue weighted by Gasteiger charge is 2.16. The molecule has 0 saturated carbocycles. The van der Waals surface area contributed by atoms with Crippen LogP contribution in [0.4, 0.5) is 5.82 Å². The van der Waals surface area contributed by atoms with Gasteiger partial charge in [0.2, 0.25) is 0 Å². The van der Waals surface area contributed by atoms with Crippen LogP contribution in [0.25, 0.3) is 22.4 Å². The van der Waals surface area contributed by atoms with Gasteiger partial charge in [0.25, 0.3) is 0 Å². The van der Waals surface area contributed by atoms with Crippen molar-refractivity contribution in [2.24, 2.45) is 0 Å². The molecule has 0 aliphatic heterocycles. The number of benzene rings is 1. The highest BCUT2D eigenvalue weighted by atomic mass is 35.5. The summed E-state index contributed by atoms with van der Waals surface area (Å²) in [5.41, 5.74) is 4.07. The summed E-state index contributed by atoms with van der Waals surface area (Å²) in [6, 6.07) is 11.6.